The third kappa shape index (κ3) is 5.37. The van der Waals surface area contributed by atoms with Gasteiger partial charge in [0.05, 0.1) is 24.3 Å². The van der Waals surface area contributed by atoms with Crippen LogP contribution in [0, 0.1) is 0 Å². The molecular formula is C14H28N2O3. The number of amides is 2. The second-order valence-corrected chi connectivity index (χ2v) is 5.84. The number of urea groups is 1. The van der Waals surface area contributed by atoms with Crippen LogP contribution in [-0.4, -0.2) is 53.5 Å². The molecule has 0 saturated carbocycles. The van der Waals surface area contributed by atoms with E-state index in [-0.39, 0.29) is 18.2 Å². The summed E-state index contributed by atoms with van der Waals surface area (Å²) in [6.07, 6.45) is 3.07. The van der Waals surface area contributed by atoms with Crippen LogP contribution in [0.5, 0.6) is 0 Å². The maximum atomic E-state index is 12.2. The summed E-state index contributed by atoms with van der Waals surface area (Å²) in [6, 6.07) is -0.0576. The molecule has 1 heterocycles. The first-order chi connectivity index (χ1) is 8.87. The van der Waals surface area contributed by atoms with Gasteiger partial charge < -0.3 is 20.1 Å². The molecule has 1 rings (SSSR count). The zero-order valence-electron chi connectivity index (χ0n) is 12.6. The van der Waals surface area contributed by atoms with Crippen molar-refractivity contribution in [2.45, 2.75) is 64.7 Å². The maximum Gasteiger partial charge on any atom is 0.317 e. The lowest BCUT2D eigenvalue weighted by Gasteiger charge is -2.31. The average Bonchev–Trinajstić information content (AvgIpc) is 2.85. The number of hydrogen-bond donors (Lipinski definition) is 2. The van der Waals surface area contributed by atoms with E-state index in [9.17, 15) is 9.90 Å². The summed E-state index contributed by atoms with van der Waals surface area (Å²) in [5, 5.41) is 12.9. The molecule has 2 N–H and O–H groups in total. The van der Waals surface area contributed by atoms with Crippen molar-refractivity contribution >= 4 is 6.03 Å². The number of likely N-dealkylation sites (N-methyl/N-ethyl adjacent to an activating group) is 1. The van der Waals surface area contributed by atoms with Gasteiger partial charge in [0.1, 0.15) is 0 Å². The van der Waals surface area contributed by atoms with Crippen molar-refractivity contribution < 1.29 is 14.6 Å². The highest BCUT2D eigenvalue weighted by Gasteiger charge is 2.28. The van der Waals surface area contributed by atoms with Crippen molar-refractivity contribution in [3.8, 4) is 0 Å². The van der Waals surface area contributed by atoms with Crippen LogP contribution in [0.2, 0.25) is 0 Å². The van der Waals surface area contributed by atoms with E-state index in [4.69, 9.17) is 4.74 Å². The van der Waals surface area contributed by atoms with Gasteiger partial charge in [-0.15, -0.1) is 0 Å². The summed E-state index contributed by atoms with van der Waals surface area (Å²) in [5.74, 6) is 0. The molecule has 0 aliphatic carbocycles. The molecule has 0 aromatic heterocycles. The SMILES string of the molecule is CCC(NC(=O)N(CC)CC(C)(C)O)C1CCCO1. The molecule has 5 nitrogen and oxygen atoms in total. The van der Waals surface area contributed by atoms with E-state index in [0.717, 1.165) is 25.9 Å². The molecule has 5 heteroatoms. The minimum absolute atomic E-state index is 0.0610. The second-order valence-electron chi connectivity index (χ2n) is 5.84. The van der Waals surface area contributed by atoms with Crippen LogP contribution in [-0.2, 0) is 4.74 Å². The minimum atomic E-state index is -0.876. The predicted octanol–water partition coefficient (Wildman–Crippen LogP) is 1.75. The summed E-state index contributed by atoms with van der Waals surface area (Å²) in [4.78, 5) is 13.9. The predicted molar refractivity (Wildman–Crippen MR) is 75.1 cm³/mol. The fourth-order valence-electron chi connectivity index (χ4n) is 2.42. The van der Waals surface area contributed by atoms with Gasteiger partial charge >= 0.3 is 6.03 Å². The molecule has 0 bridgehead atoms. The average molecular weight is 272 g/mol. The quantitative estimate of drug-likeness (QED) is 0.774. The Balaban J connectivity index is 2.54. The Morgan fingerprint density at radius 3 is 2.63 bits per heavy atom. The number of ether oxygens (including phenoxy) is 1. The summed E-state index contributed by atoms with van der Waals surface area (Å²) in [7, 11) is 0. The lowest BCUT2D eigenvalue weighted by Crippen LogP contribution is -2.52. The largest absolute Gasteiger partial charge is 0.389 e. The third-order valence-electron chi connectivity index (χ3n) is 3.41. The Bertz CT molecular complexity index is 283. The van der Waals surface area contributed by atoms with E-state index in [0.29, 0.717) is 13.1 Å². The van der Waals surface area contributed by atoms with Crippen LogP contribution in [0.25, 0.3) is 0 Å². The van der Waals surface area contributed by atoms with Gasteiger partial charge in [-0.25, -0.2) is 4.79 Å². The van der Waals surface area contributed by atoms with Gasteiger partial charge in [-0.1, -0.05) is 6.92 Å². The molecule has 1 fully saturated rings. The Hall–Kier alpha value is -0.810. The van der Waals surface area contributed by atoms with E-state index in [1.807, 2.05) is 6.92 Å². The molecule has 2 amide bonds. The van der Waals surface area contributed by atoms with E-state index in [1.165, 1.54) is 0 Å². The normalized spacial score (nSPS) is 21.2. The monoisotopic (exact) mass is 272 g/mol. The summed E-state index contributed by atoms with van der Waals surface area (Å²) >= 11 is 0. The number of carbonyl (C=O) groups excluding carboxylic acids is 1. The molecule has 19 heavy (non-hydrogen) atoms. The molecule has 1 aliphatic heterocycles. The zero-order chi connectivity index (χ0) is 14.5. The number of nitrogens with zero attached hydrogens (tertiary/aromatic N) is 1. The topological polar surface area (TPSA) is 61.8 Å². The molecule has 0 spiro atoms. The Kier molecular flexibility index (Phi) is 6.07. The first kappa shape index (κ1) is 16.2. The molecule has 1 aliphatic rings. The van der Waals surface area contributed by atoms with Gasteiger partial charge in [0, 0.05) is 13.2 Å². The van der Waals surface area contributed by atoms with Crippen molar-refractivity contribution in [1.29, 1.82) is 0 Å². The molecule has 2 atom stereocenters. The van der Waals surface area contributed by atoms with Gasteiger partial charge in [-0.3, -0.25) is 0 Å². The molecule has 0 radical (unpaired) electrons. The summed E-state index contributed by atoms with van der Waals surface area (Å²) in [5.41, 5.74) is -0.876. The van der Waals surface area contributed by atoms with Gasteiger partial charge in [0.15, 0.2) is 0 Å². The second kappa shape index (κ2) is 7.10. The van der Waals surface area contributed by atoms with Crippen LogP contribution in [0.15, 0.2) is 0 Å². The van der Waals surface area contributed by atoms with Crippen LogP contribution in [0.3, 0.4) is 0 Å². The van der Waals surface area contributed by atoms with Gasteiger partial charge in [0.2, 0.25) is 0 Å². The number of aliphatic hydroxyl groups is 1. The van der Waals surface area contributed by atoms with Crippen molar-refractivity contribution in [2.75, 3.05) is 19.7 Å². The minimum Gasteiger partial charge on any atom is -0.389 e. The Morgan fingerprint density at radius 2 is 2.21 bits per heavy atom. The standard InChI is InChI=1S/C14H28N2O3/c1-5-11(12-8-7-9-19-12)15-13(17)16(6-2)10-14(3,4)18/h11-12,18H,5-10H2,1-4H3,(H,15,17). The van der Waals surface area contributed by atoms with Crippen LogP contribution in [0.1, 0.15) is 47.0 Å². The number of carbonyl (C=O) groups is 1. The molecule has 0 aromatic rings. The van der Waals surface area contributed by atoms with E-state index in [2.05, 4.69) is 12.2 Å². The van der Waals surface area contributed by atoms with Gasteiger partial charge in [0.25, 0.3) is 0 Å². The van der Waals surface area contributed by atoms with E-state index < -0.39 is 5.60 Å². The highest BCUT2D eigenvalue weighted by atomic mass is 16.5. The zero-order valence-corrected chi connectivity index (χ0v) is 12.6. The highest BCUT2D eigenvalue weighted by molar-refractivity contribution is 5.74. The van der Waals surface area contributed by atoms with Crippen LogP contribution >= 0.6 is 0 Å². The van der Waals surface area contributed by atoms with Crippen molar-refractivity contribution in [2.24, 2.45) is 0 Å². The Labute approximate surface area is 116 Å². The number of rotatable bonds is 6. The third-order valence-corrected chi connectivity index (χ3v) is 3.41. The molecule has 1 saturated heterocycles. The smallest absolute Gasteiger partial charge is 0.317 e. The van der Waals surface area contributed by atoms with Crippen LogP contribution in [0.4, 0.5) is 4.79 Å². The van der Waals surface area contributed by atoms with Gasteiger partial charge in [-0.2, -0.15) is 0 Å². The number of nitrogens with one attached hydrogen (secondary N) is 1. The molecule has 2 unspecified atom stereocenters. The first-order valence-corrected chi connectivity index (χ1v) is 7.26. The number of hydrogen-bond acceptors (Lipinski definition) is 3. The molecule has 0 aromatic carbocycles. The fourth-order valence-corrected chi connectivity index (χ4v) is 2.42. The molecular weight excluding hydrogens is 244 g/mol. The highest BCUT2D eigenvalue weighted by Crippen LogP contribution is 2.18. The summed E-state index contributed by atoms with van der Waals surface area (Å²) in [6.45, 7) is 9.09. The lowest BCUT2D eigenvalue weighted by molar-refractivity contribution is 0.0438. The maximum absolute atomic E-state index is 12.2. The van der Waals surface area contributed by atoms with Crippen molar-refractivity contribution in [3.63, 3.8) is 0 Å². The fraction of sp³-hybridized carbons (Fsp3) is 0.929. The first-order valence-electron chi connectivity index (χ1n) is 7.26. The van der Waals surface area contributed by atoms with Crippen molar-refractivity contribution in [1.82, 2.24) is 10.2 Å². The van der Waals surface area contributed by atoms with Crippen LogP contribution < -0.4 is 5.32 Å². The van der Waals surface area contributed by atoms with E-state index in [1.54, 1.807) is 18.7 Å². The van der Waals surface area contributed by atoms with E-state index >= 15 is 0 Å². The van der Waals surface area contributed by atoms with Crippen molar-refractivity contribution in [3.05, 3.63) is 0 Å². The van der Waals surface area contributed by atoms with Gasteiger partial charge in [-0.05, 0) is 40.0 Å². The Morgan fingerprint density at radius 1 is 1.53 bits per heavy atom. The summed E-state index contributed by atoms with van der Waals surface area (Å²) < 4.78 is 5.64. The molecule has 112 valence electrons. The lowest BCUT2D eigenvalue weighted by atomic mass is 10.1.